The van der Waals surface area contributed by atoms with Crippen LogP contribution in [0.4, 0.5) is 0 Å². The van der Waals surface area contributed by atoms with Gasteiger partial charge in [0.1, 0.15) is 13.2 Å². The van der Waals surface area contributed by atoms with Crippen molar-refractivity contribution in [2.45, 2.75) is 245 Å². The van der Waals surface area contributed by atoms with Crippen molar-refractivity contribution in [3.8, 4) is 59.7 Å². The standard InChI is InChI=1S/C63H104NO13P/c1-4-7-9-11-13-15-17-19-21-23-25-27-29-31-33-35-37-39-41-43-45-62(66)74-58-60(77-63(67)46-44-42-40-38-36-34-32-30-28-26-24-22-20-18-16-14-12-10-8-5-2)59-76-78(68,69)75-51-48-64-61(65)47-50-71-53-55-73-57-56-72-54-52-70-49-6-3/h3,60H,4-5,7-22,31-59H2,1-2H3,(H,64,65)(H,68,69)/t60-/m1/s1. The Labute approximate surface area is 474 Å². The van der Waals surface area contributed by atoms with E-state index in [0.29, 0.717) is 52.5 Å². The maximum atomic E-state index is 12.9. The molecular weight excluding hydrogens is 1010 g/mol. The molecule has 0 radical (unpaired) electrons. The van der Waals surface area contributed by atoms with E-state index in [1.165, 1.54) is 89.9 Å². The van der Waals surface area contributed by atoms with Gasteiger partial charge < -0.3 is 38.6 Å². The predicted molar refractivity (Wildman–Crippen MR) is 312 cm³/mol. The summed E-state index contributed by atoms with van der Waals surface area (Å²) in [7, 11) is -4.63. The highest BCUT2D eigenvalue weighted by molar-refractivity contribution is 7.47. The largest absolute Gasteiger partial charge is 0.472 e. The number of nitrogens with one attached hydrogen (secondary N) is 1. The zero-order chi connectivity index (χ0) is 56.8. The number of carbonyl (C=O) groups is 3. The highest BCUT2D eigenvalue weighted by atomic mass is 31.2. The molecule has 0 heterocycles. The first-order chi connectivity index (χ1) is 38.2. The lowest BCUT2D eigenvalue weighted by molar-refractivity contribution is -0.161. The number of hydrogen-bond acceptors (Lipinski definition) is 12. The summed E-state index contributed by atoms with van der Waals surface area (Å²) in [4.78, 5) is 48.1. The third kappa shape index (κ3) is 59.8. The van der Waals surface area contributed by atoms with Crippen LogP contribution in [0.25, 0.3) is 0 Å². The summed E-state index contributed by atoms with van der Waals surface area (Å²) < 4.78 is 55.2. The van der Waals surface area contributed by atoms with E-state index in [1.807, 2.05) is 0 Å². The SMILES string of the molecule is C#CCOCCOCCOCCOCCC(=O)NCCOP(=O)(O)OC[C@@H](COC(=O)CCCCCCCCC#CC#CCCCCCCCCCC)OC(=O)CCCCCCCCC#CC#CCCCCCCCCCC. The molecule has 2 atom stereocenters. The number of phosphoric ester groups is 1. The van der Waals surface area contributed by atoms with Crippen molar-refractivity contribution in [1.29, 1.82) is 0 Å². The predicted octanol–water partition coefficient (Wildman–Crippen LogP) is 13.1. The van der Waals surface area contributed by atoms with E-state index in [4.69, 9.17) is 43.9 Å². The molecular formula is C63H104NO13P. The molecule has 0 spiro atoms. The highest BCUT2D eigenvalue weighted by Crippen LogP contribution is 2.43. The molecule has 0 bridgehead atoms. The quantitative estimate of drug-likeness (QED) is 0.0255. The van der Waals surface area contributed by atoms with E-state index in [0.717, 1.165) is 103 Å². The molecule has 0 aliphatic carbocycles. The minimum absolute atomic E-state index is 0.0632. The Morgan fingerprint density at radius 2 is 0.846 bits per heavy atom. The first-order valence-corrected chi connectivity index (χ1v) is 31.6. The van der Waals surface area contributed by atoms with E-state index in [2.05, 4.69) is 72.4 Å². The summed E-state index contributed by atoms with van der Waals surface area (Å²) in [5.74, 6) is 25.7. The van der Waals surface area contributed by atoms with Crippen LogP contribution in [0.5, 0.6) is 0 Å². The van der Waals surface area contributed by atoms with Crippen LogP contribution in [0.3, 0.4) is 0 Å². The molecule has 1 amide bonds. The van der Waals surface area contributed by atoms with Crippen LogP contribution >= 0.6 is 7.82 Å². The number of amides is 1. The molecule has 15 heteroatoms. The van der Waals surface area contributed by atoms with E-state index in [1.54, 1.807) is 0 Å². The molecule has 0 aliphatic heterocycles. The third-order valence-corrected chi connectivity index (χ3v) is 13.2. The Kier molecular flexibility index (Phi) is 57.8. The molecule has 78 heavy (non-hydrogen) atoms. The molecule has 0 aromatic carbocycles. The Morgan fingerprint density at radius 3 is 1.28 bits per heavy atom. The smallest absolute Gasteiger partial charge is 0.462 e. The normalized spacial score (nSPS) is 11.8. The molecule has 0 fully saturated rings. The van der Waals surface area contributed by atoms with E-state index in [9.17, 15) is 23.8 Å². The van der Waals surface area contributed by atoms with Gasteiger partial charge in [0, 0.05) is 51.5 Å². The van der Waals surface area contributed by atoms with Gasteiger partial charge in [-0.25, -0.2) is 4.57 Å². The number of phosphoric acid groups is 1. The van der Waals surface area contributed by atoms with Crippen molar-refractivity contribution in [2.75, 3.05) is 79.2 Å². The van der Waals surface area contributed by atoms with Crippen molar-refractivity contribution in [2.24, 2.45) is 0 Å². The second kappa shape index (κ2) is 60.8. The van der Waals surface area contributed by atoms with Gasteiger partial charge in [0.25, 0.3) is 0 Å². The highest BCUT2D eigenvalue weighted by Gasteiger charge is 2.26. The fourth-order valence-electron chi connectivity index (χ4n) is 7.73. The second-order valence-electron chi connectivity index (χ2n) is 19.5. The van der Waals surface area contributed by atoms with E-state index in [-0.39, 0.29) is 58.1 Å². The van der Waals surface area contributed by atoms with Gasteiger partial charge in [-0.3, -0.25) is 23.4 Å². The van der Waals surface area contributed by atoms with Crippen LogP contribution < -0.4 is 5.32 Å². The number of terminal acetylenes is 1. The summed E-state index contributed by atoms with van der Waals surface area (Å²) in [5.41, 5.74) is 0. The Balaban J connectivity index is 4.60. The molecule has 0 aromatic rings. The first-order valence-electron chi connectivity index (χ1n) is 30.1. The minimum atomic E-state index is -4.63. The molecule has 444 valence electrons. The summed E-state index contributed by atoms with van der Waals surface area (Å²) >= 11 is 0. The number of hydrogen-bond donors (Lipinski definition) is 2. The van der Waals surface area contributed by atoms with Gasteiger partial charge in [0.15, 0.2) is 6.10 Å². The molecule has 0 saturated carbocycles. The molecule has 2 N–H and O–H groups in total. The van der Waals surface area contributed by atoms with Crippen molar-refractivity contribution >= 4 is 25.7 Å². The van der Waals surface area contributed by atoms with Crippen LogP contribution in [0.15, 0.2) is 0 Å². The van der Waals surface area contributed by atoms with Gasteiger partial charge >= 0.3 is 19.8 Å². The molecule has 14 nitrogen and oxygen atoms in total. The number of rotatable bonds is 55. The fraction of sp³-hybridized carbons (Fsp3) is 0.794. The number of ether oxygens (including phenoxy) is 6. The van der Waals surface area contributed by atoms with Crippen LogP contribution in [-0.2, 0) is 56.4 Å². The average molecular weight is 1110 g/mol. The lowest BCUT2D eigenvalue weighted by Crippen LogP contribution is -2.30. The zero-order valence-electron chi connectivity index (χ0n) is 48.7. The van der Waals surface area contributed by atoms with Crippen LogP contribution in [0, 0.1) is 59.7 Å². The number of esters is 2. The Morgan fingerprint density at radius 1 is 0.462 bits per heavy atom. The molecule has 0 saturated heterocycles. The van der Waals surface area contributed by atoms with Crippen LogP contribution in [0.2, 0.25) is 0 Å². The topological polar surface area (TPSA) is 174 Å². The van der Waals surface area contributed by atoms with E-state index < -0.39 is 32.5 Å². The minimum Gasteiger partial charge on any atom is -0.462 e. The van der Waals surface area contributed by atoms with Crippen molar-refractivity contribution < 1.29 is 61.3 Å². The van der Waals surface area contributed by atoms with Gasteiger partial charge in [-0.15, -0.1) is 6.42 Å². The number of carbonyl (C=O) groups excluding carboxylic acids is 3. The van der Waals surface area contributed by atoms with Gasteiger partial charge in [0.2, 0.25) is 5.91 Å². The monoisotopic (exact) mass is 1110 g/mol. The summed E-state index contributed by atoms with van der Waals surface area (Å²) in [5, 5.41) is 2.59. The molecule has 0 aromatic heterocycles. The van der Waals surface area contributed by atoms with Gasteiger partial charge in [-0.2, -0.15) is 0 Å². The Hall–Kier alpha value is -3.84. The molecule has 0 aliphatic rings. The average Bonchev–Trinajstić information content (AvgIpc) is 3.43. The van der Waals surface area contributed by atoms with Gasteiger partial charge in [0.05, 0.1) is 59.5 Å². The van der Waals surface area contributed by atoms with Crippen LogP contribution in [-0.4, -0.2) is 108 Å². The van der Waals surface area contributed by atoms with Crippen molar-refractivity contribution in [3.05, 3.63) is 0 Å². The van der Waals surface area contributed by atoms with Crippen LogP contribution in [0.1, 0.15) is 239 Å². The summed E-state index contributed by atoms with van der Waals surface area (Å²) in [6.07, 6.45) is 39.7. The summed E-state index contributed by atoms with van der Waals surface area (Å²) in [6.45, 7) is 5.89. The second-order valence-corrected chi connectivity index (χ2v) is 20.9. The maximum absolute atomic E-state index is 12.9. The van der Waals surface area contributed by atoms with E-state index >= 15 is 0 Å². The first kappa shape index (κ1) is 74.2. The van der Waals surface area contributed by atoms with Gasteiger partial charge in [-0.1, -0.05) is 185 Å². The lowest BCUT2D eigenvalue weighted by Gasteiger charge is -2.20. The van der Waals surface area contributed by atoms with Crippen molar-refractivity contribution in [1.82, 2.24) is 5.32 Å². The zero-order valence-corrected chi connectivity index (χ0v) is 49.6. The van der Waals surface area contributed by atoms with Crippen molar-refractivity contribution in [3.63, 3.8) is 0 Å². The molecule has 1 unspecified atom stereocenters. The lowest BCUT2D eigenvalue weighted by atomic mass is 10.1. The summed E-state index contributed by atoms with van der Waals surface area (Å²) in [6, 6.07) is 0. The maximum Gasteiger partial charge on any atom is 0.472 e. The fourth-order valence-corrected chi connectivity index (χ4v) is 8.48. The van der Waals surface area contributed by atoms with Gasteiger partial charge in [-0.05, 0) is 62.2 Å². The number of unbranched alkanes of at least 4 members (excludes halogenated alkanes) is 28. The Bertz CT molecular complexity index is 1790. The molecule has 0 rings (SSSR count). The third-order valence-electron chi connectivity index (χ3n) is 12.3.